The number of H-pyrrole nitrogens is 1. The lowest BCUT2D eigenvalue weighted by Crippen LogP contribution is -2.09. The normalized spacial score (nSPS) is 13.1. The van der Waals surface area contributed by atoms with Crippen LogP contribution < -0.4 is 0 Å². The van der Waals surface area contributed by atoms with Gasteiger partial charge in [0.25, 0.3) is 0 Å². The standard InChI is InChI=1S/C14H19NO/c1-3-11(2)16-9-8-13-10-12-6-4-5-7-14(12)15-13/h4-7,10-11,15H,3,8-9H2,1-2H3. The van der Waals surface area contributed by atoms with Crippen molar-refractivity contribution in [2.75, 3.05) is 6.61 Å². The van der Waals surface area contributed by atoms with Crippen molar-refractivity contribution in [2.24, 2.45) is 0 Å². The molecule has 2 heteroatoms. The molecule has 0 amide bonds. The van der Waals surface area contributed by atoms with Gasteiger partial charge in [0.05, 0.1) is 12.7 Å². The molecule has 0 aliphatic rings. The maximum absolute atomic E-state index is 5.67. The summed E-state index contributed by atoms with van der Waals surface area (Å²) in [7, 11) is 0. The van der Waals surface area contributed by atoms with Gasteiger partial charge in [0, 0.05) is 17.6 Å². The molecule has 1 aromatic heterocycles. The van der Waals surface area contributed by atoms with Gasteiger partial charge >= 0.3 is 0 Å². The molecule has 0 saturated carbocycles. The van der Waals surface area contributed by atoms with Crippen LogP contribution in [0.5, 0.6) is 0 Å². The minimum absolute atomic E-state index is 0.365. The van der Waals surface area contributed by atoms with Gasteiger partial charge in [-0.3, -0.25) is 0 Å². The van der Waals surface area contributed by atoms with E-state index in [9.17, 15) is 0 Å². The molecule has 1 atom stereocenters. The van der Waals surface area contributed by atoms with Crippen LogP contribution in [0.15, 0.2) is 30.3 Å². The number of nitrogens with one attached hydrogen (secondary N) is 1. The lowest BCUT2D eigenvalue weighted by atomic mass is 10.2. The summed E-state index contributed by atoms with van der Waals surface area (Å²) in [6.45, 7) is 5.06. The predicted molar refractivity (Wildman–Crippen MR) is 67.7 cm³/mol. The highest BCUT2D eigenvalue weighted by Crippen LogP contribution is 2.15. The van der Waals surface area contributed by atoms with Crippen LogP contribution in [-0.2, 0) is 11.2 Å². The third-order valence-electron chi connectivity index (χ3n) is 2.93. The smallest absolute Gasteiger partial charge is 0.0544 e. The van der Waals surface area contributed by atoms with Gasteiger partial charge in [-0.05, 0) is 30.9 Å². The highest BCUT2D eigenvalue weighted by molar-refractivity contribution is 5.80. The van der Waals surface area contributed by atoms with Gasteiger partial charge in [-0.1, -0.05) is 25.1 Å². The van der Waals surface area contributed by atoms with Crippen molar-refractivity contribution in [1.82, 2.24) is 4.98 Å². The summed E-state index contributed by atoms with van der Waals surface area (Å²) < 4.78 is 5.67. The van der Waals surface area contributed by atoms with Crippen LogP contribution in [0.2, 0.25) is 0 Å². The molecule has 2 rings (SSSR count). The van der Waals surface area contributed by atoms with Crippen LogP contribution >= 0.6 is 0 Å². The zero-order valence-electron chi connectivity index (χ0n) is 9.99. The van der Waals surface area contributed by atoms with E-state index in [2.05, 4.69) is 49.2 Å². The van der Waals surface area contributed by atoms with Gasteiger partial charge in [-0.15, -0.1) is 0 Å². The Morgan fingerprint density at radius 2 is 2.12 bits per heavy atom. The fourth-order valence-corrected chi connectivity index (χ4v) is 1.76. The van der Waals surface area contributed by atoms with E-state index in [1.54, 1.807) is 0 Å². The van der Waals surface area contributed by atoms with Crippen molar-refractivity contribution in [1.29, 1.82) is 0 Å². The number of rotatable bonds is 5. The summed E-state index contributed by atoms with van der Waals surface area (Å²) >= 11 is 0. The first kappa shape index (κ1) is 11.2. The molecule has 0 spiro atoms. The molecule has 0 bridgehead atoms. The van der Waals surface area contributed by atoms with Gasteiger partial charge < -0.3 is 9.72 Å². The Kier molecular flexibility index (Phi) is 3.62. The molecule has 0 aliphatic heterocycles. The second-order valence-electron chi connectivity index (χ2n) is 4.22. The van der Waals surface area contributed by atoms with Crippen molar-refractivity contribution in [3.8, 4) is 0 Å². The van der Waals surface area contributed by atoms with E-state index in [0.29, 0.717) is 6.10 Å². The maximum Gasteiger partial charge on any atom is 0.0544 e. The zero-order valence-corrected chi connectivity index (χ0v) is 9.99. The summed E-state index contributed by atoms with van der Waals surface area (Å²) in [5.41, 5.74) is 2.46. The quantitative estimate of drug-likeness (QED) is 0.814. The lowest BCUT2D eigenvalue weighted by Gasteiger charge is -2.09. The van der Waals surface area contributed by atoms with Crippen molar-refractivity contribution in [3.05, 3.63) is 36.0 Å². The first-order valence-electron chi connectivity index (χ1n) is 5.98. The van der Waals surface area contributed by atoms with Crippen LogP contribution in [0.3, 0.4) is 0 Å². The van der Waals surface area contributed by atoms with Crippen molar-refractivity contribution in [2.45, 2.75) is 32.8 Å². The molecule has 1 unspecified atom stereocenters. The number of ether oxygens (including phenoxy) is 1. The van der Waals surface area contributed by atoms with Crippen LogP contribution in [0, 0.1) is 0 Å². The van der Waals surface area contributed by atoms with Gasteiger partial charge in [0.2, 0.25) is 0 Å². The molecule has 0 fully saturated rings. The molecule has 1 aromatic carbocycles. The van der Waals surface area contributed by atoms with E-state index in [-0.39, 0.29) is 0 Å². The molecule has 2 nitrogen and oxygen atoms in total. The molecule has 0 aliphatic carbocycles. The van der Waals surface area contributed by atoms with Gasteiger partial charge in [0.15, 0.2) is 0 Å². The van der Waals surface area contributed by atoms with Gasteiger partial charge in [-0.2, -0.15) is 0 Å². The van der Waals surface area contributed by atoms with Gasteiger partial charge in [-0.25, -0.2) is 0 Å². The number of aromatic amines is 1. The molecular formula is C14H19NO. The van der Waals surface area contributed by atoms with E-state index < -0.39 is 0 Å². The average Bonchev–Trinajstić information content (AvgIpc) is 2.71. The van der Waals surface area contributed by atoms with Crippen LogP contribution in [-0.4, -0.2) is 17.7 Å². The summed E-state index contributed by atoms with van der Waals surface area (Å²) in [5, 5.41) is 1.28. The predicted octanol–water partition coefficient (Wildman–Crippen LogP) is 3.53. The number of hydrogen-bond acceptors (Lipinski definition) is 1. The average molecular weight is 217 g/mol. The Hall–Kier alpha value is -1.28. The molecule has 1 heterocycles. The zero-order chi connectivity index (χ0) is 11.4. The van der Waals surface area contributed by atoms with E-state index in [4.69, 9.17) is 4.74 Å². The molecule has 2 aromatic rings. The van der Waals surface area contributed by atoms with Crippen molar-refractivity contribution < 1.29 is 4.74 Å². The number of hydrogen-bond donors (Lipinski definition) is 1. The SMILES string of the molecule is CCC(C)OCCc1cc2ccccc2[nH]1. The molecule has 86 valence electrons. The summed E-state index contributed by atoms with van der Waals surface area (Å²) in [5.74, 6) is 0. The van der Waals surface area contributed by atoms with Crippen molar-refractivity contribution in [3.63, 3.8) is 0 Å². The number of benzene rings is 1. The van der Waals surface area contributed by atoms with E-state index in [1.165, 1.54) is 16.6 Å². The highest BCUT2D eigenvalue weighted by atomic mass is 16.5. The Bertz CT molecular complexity index is 414. The number of aromatic nitrogens is 1. The topological polar surface area (TPSA) is 25.0 Å². The summed E-state index contributed by atoms with van der Waals surface area (Å²) in [6.07, 6.45) is 2.40. The second kappa shape index (κ2) is 5.17. The van der Waals surface area contributed by atoms with Crippen molar-refractivity contribution >= 4 is 10.9 Å². The van der Waals surface area contributed by atoms with Crippen LogP contribution in [0.1, 0.15) is 26.0 Å². The number of para-hydroxylation sites is 1. The third kappa shape index (κ3) is 2.64. The lowest BCUT2D eigenvalue weighted by molar-refractivity contribution is 0.0656. The largest absolute Gasteiger partial charge is 0.378 e. The molecular weight excluding hydrogens is 198 g/mol. The summed E-state index contributed by atoms with van der Waals surface area (Å²) in [6, 6.07) is 10.6. The number of fused-ring (bicyclic) bond motifs is 1. The molecule has 0 radical (unpaired) electrons. The molecule has 0 saturated heterocycles. The Labute approximate surface area is 96.6 Å². The Balaban J connectivity index is 1.94. The minimum atomic E-state index is 0.365. The Morgan fingerprint density at radius 1 is 1.31 bits per heavy atom. The van der Waals surface area contributed by atoms with E-state index in [0.717, 1.165) is 19.4 Å². The van der Waals surface area contributed by atoms with Gasteiger partial charge in [0.1, 0.15) is 0 Å². The fraction of sp³-hybridized carbons (Fsp3) is 0.429. The van der Waals surface area contributed by atoms with E-state index >= 15 is 0 Å². The minimum Gasteiger partial charge on any atom is -0.378 e. The summed E-state index contributed by atoms with van der Waals surface area (Å²) in [4.78, 5) is 3.41. The second-order valence-corrected chi connectivity index (χ2v) is 4.22. The highest BCUT2D eigenvalue weighted by Gasteiger charge is 2.01. The van der Waals surface area contributed by atoms with Crippen LogP contribution in [0.25, 0.3) is 10.9 Å². The van der Waals surface area contributed by atoms with E-state index in [1.807, 2.05) is 0 Å². The maximum atomic E-state index is 5.67. The fourth-order valence-electron chi connectivity index (χ4n) is 1.76. The molecule has 1 N–H and O–H groups in total. The first-order valence-corrected chi connectivity index (χ1v) is 5.98. The first-order chi connectivity index (χ1) is 7.79. The Morgan fingerprint density at radius 3 is 2.88 bits per heavy atom. The third-order valence-corrected chi connectivity index (χ3v) is 2.93. The van der Waals surface area contributed by atoms with Crippen LogP contribution in [0.4, 0.5) is 0 Å². The molecule has 16 heavy (non-hydrogen) atoms. The monoisotopic (exact) mass is 217 g/mol.